The quantitative estimate of drug-likeness (QED) is 0.102. The van der Waals surface area contributed by atoms with Crippen molar-refractivity contribution in [2.75, 3.05) is 19.8 Å². The smallest absolute Gasteiger partial charge is 0.186 e. The van der Waals surface area contributed by atoms with Gasteiger partial charge in [-0.3, -0.25) is 4.79 Å². The summed E-state index contributed by atoms with van der Waals surface area (Å²) >= 11 is 0. The summed E-state index contributed by atoms with van der Waals surface area (Å²) in [6.45, 7) is -0.457. The molecule has 0 aliphatic carbocycles. The lowest BCUT2D eigenvalue weighted by atomic mass is 9.98. The number of aliphatic hydroxyl groups is 11. The Hall–Kier alpha value is -0.930. The van der Waals surface area contributed by atoms with E-state index in [9.17, 15) is 61.0 Å². The monoisotopic (exact) mass is 546 g/mol. The van der Waals surface area contributed by atoms with Gasteiger partial charge in [0.15, 0.2) is 18.4 Å². The van der Waals surface area contributed by atoms with Crippen LogP contribution in [0.2, 0.25) is 0 Å². The van der Waals surface area contributed by atoms with Crippen LogP contribution in [0.25, 0.3) is 0 Å². The van der Waals surface area contributed by atoms with Gasteiger partial charge >= 0.3 is 0 Å². The lowest BCUT2D eigenvalue weighted by Gasteiger charge is -2.42. The van der Waals surface area contributed by atoms with Gasteiger partial charge in [-0.2, -0.15) is 0 Å². The van der Waals surface area contributed by atoms with E-state index in [1.165, 1.54) is 0 Å². The number of Topliss-reactive ketones (excluding diaryl/α,β-unsaturated/α-hetero) is 1. The molecule has 16 heteroatoms. The Balaban J connectivity index is 1.95. The average molecular weight is 547 g/mol. The van der Waals surface area contributed by atoms with Gasteiger partial charge in [0, 0.05) is 6.42 Å². The summed E-state index contributed by atoms with van der Waals surface area (Å²) in [5.74, 6) is -0.743. The van der Waals surface area contributed by atoms with Gasteiger partial charge in [-0.05, 0) is 6.42 Å². The summed E-state index contributed by atoms with van der Waals surface area (Å²) in [6.07, 6.45) is -24.1. The molecular weight excluding hydrogens is 508 g/mol. The van der Waals surface area contributed by atoms with Gasteiger partial charge in [-0.15, -0.1) is 0 Å². The first-order valence-corrected chi connectivity index (χ1v) is 11.8. The molecule has 11 N–H and O–H groups in total. The summed E-state index contributed by atoms with van der Waals surface area (Å²) in [6, 6.07) is 0. The molecule has 14 atom stereocenters. The summed E-state index contributed by atoms with van der Waals surface area (Å²) in [7, 11) is 0. The molecule has 0 aromatic rings. The summed E-state index contributed by atoms with van der Waals surface area (Å²) in [5, 5.41) is 109. The second kappa shape index (κ2) is 14.5. The van der Waals surface area contributed by atoms with E-state index in [0.29, 0.717) is 6.42 Å². The van der Waals surface area contributed by atoms with Crippen LogP contribution < -0.4 is 0 Å². The molecule has 0 saturated carbocycles. The Kier molecular flexibility index (Phi) is 12.6. The van der Waals surface area contributed by atoms with Gasteiger partial charge in [0.05, 0.1) is 19.8 Å². The van der Waals surface area contributed by atoms with Gasteiger partial charge in [0.2, 0.25) is 0 Å². The molecule has 0 spiro atoms. The zero-order valence-electron chi connectivity index (χ0n) is 20.1. The van der Waals surface area contributed by atoms with Crippen LogP contribution in [-0.2, 0) is 23.7 Å². The van der Waals surface area contributed by atoms with Crippen molar-refractivity contribution in [2.45, 2.75) is 106 Å². The Morgan fingerprint density at radius 2 is 1.27 bits per heavy atom. The summed E-state index contributed by atoms with van der Waals surface area (Å²) in [4.78, 5) is 11.7. The Bertz CT molecular complexity index is 695. The molecule has 218 valence electrons. The van der Waals surface area contributed by atoms with Crippen LogP contribution in [0, 0.1) is 0 Å². The van der Waals surface area contributed by atoms with Crippen molar-refractivity contribution >= 4 is 5.78 Å². The van der Waals surface area contributed by atoms with E-state index < -0.39 is 111 Å². The van der Waals surface area contributed by atoms with E-state index in [1.54, 1.807) is 6.92 Å². The predicted octanol–water partition coefficient (Wildman–Crippen LogP) is -6.56. The largest absolute Gasteiger partial charge is 0.394 e. The lowest BCUT2D eigenvalue weighted by molar-refractivity contribution is -0.333. The number of aliphatic hydroxyl groups excluding tert-OH is 11. The second-order valence-corrected chi connectivity index (χ2v) is 9.09. The molecule has 0 aromatic heterocycles. The third kappa shape index (κ3) is 7.81. The number of hydrogen-bond acceptors (Lipinski definition) is 16. The molecule has 16 nitrogen and oxygen atoms in total. The SMILES string of the molecule is CCCC(=O)[C@H](O)[C@@H](O)[C@H](O)[C@H](O)CO[C@H]1O[C@H](CO[C@H]2O[C@H](CO)[C@@H](O)[C@H](O)[C@H]2O)[C@@H](O)[C@H](O)[C@H]1O. The van der Waals surface area contributed by atoms with Crippen molar-refractivity contribution in [3.05, 3.63) is 0 Å². The summed E-state index contributed by atoms with van der Waals surface area (Å²) < 4.78 is 21.0. The van der Waals surface area contributed by atoms with E-state index in [1.807, 2.05) is 0 Å². The van der Waals surface area contributed by atoms with E-state index in [2.05, 4.69) is 0 Å². The van der Waals surface area contributed by atoms with E-state index in [-0.39, 0.29) is 6.42 Å². The number of carbonyl (C=O) groups is 1. The molecule has 0 amide bonds. The van der Waals surface area contributed by atoms with E-state index in [0.717, 1.165) is 0 Å². The predicted molar refractivity (Wildman–Crippen MR) is 116 cm³/mol. The number of rotatable bonds is 13. The lowest BCUT2D eigenvalue weighted by Crippen LogP contribution is -2.62. The van der Waals surface area contributed by atoms with Crippen LogP contribution in [-0.4, -0.2) is 168 Å². The third-order valence-electron chi connectivity index (χ3n) is 6.27. The topological polar surface area (TPSA) is 277 Å². The maximum atomic E-state index is 11.7. The van der Waals surface area contributed by atoms with Crippen molar-refractivity contribution in [3.63, 3.8) is 0 Å². The van der Waals surface area contributed by atoms with Gasteiger partial charge in [-0.25, -0.2) is 0 Å². The van der Waals surface area contributed by atoms with Gasteiger partial charge in [0.25, 0.3) is 0 Å². The number of hydrogen-bond donors (Lipinski definition) is 11. The van der Waals surface area contributed by atoms with Crippen molar-refractivity contribution in [2.24, 2.45) is 0 Å². The first-order valence-electron chi connectivity index (χ1n) is 11.8. The molecule has 2 rings (SSSR count). The Morgan fingerprint density at radius 3 is 1.81 bits per heavy atom. The molecular formula is C21H38O16. The molecule has 2 aliphatic rings. The van der Waals surface area contributed by atoms with Gasteiger partial charge < -0.3 is 75.1 Å². The van der Waals surface area contributed by atoms with Crippen molar-refractivity contribution < 1.29 is 79.9 Å². The highest BCUT2D eigenvalue weighted by Gasteiger charge is 2.47. The first kappa shape index (κ1) is 32.3. The fraction of sp³-hybridized carbons (Fsp3) is 0.952. The highest BCUT2D eigenvalue weighted by atomic mass is 16.7. The first-order chi connectivity index (χ1) is 17.3. The van der Waals surface area contributed by atoms with Crippen LogP contribution in [0.5, 0.6) is 0 Å². The molecule has 0 aromatic carbocycles. The molecule has 2 aliphatic heterocycles. The fourth-order valence-electron chi connectivity index (χ4n) is 3.88. The maximum absolute atomic E-state index is 11.7. The molecule has 2 heterocycles. The van der Waals surface area contributed by atoms with Crippen molar-refractivity contribution in [1.82, 2.24) is 0 Å². The van der Waals surface area contributed by atoms with E-state index >= 15 is 0 Å². The number of ether oxygens (including phenoxy) is 4. The fourth-order valence-corrected chi connectivity index (χ4v) is 3.88. The molecule has 37 heavy (non-hydrogen) atoms. The van der Waals surface area contributed by atoms with Crippen LogP contribution in [0.3, 0.4) is 0 Å². The maximum Gasteiger partial charge on any atom is 0.186 e. The van der Waals surface area contributed by atoms with Crippen LogP contribution >= 0.6 is 0 Å². The zero-order chi connectivity index (χ0) is 28.0. The van der Waals surface area contributed by atoms with Crippen LogP contribution in [0.1, 0.15) is 19.8 Å². The van der Waals surface area contributed by atoms with Gasteiger partial charge in [0.1, 0.15) is 73.2 Å². The highest BCUT2D eigenvalue weighted by Crippen LogP contribution is 2.26. The molecule has 0 radical (unpaired) electrons. The van der Waals surface area contributed by atoms with Crippen LogP contribution in [0.4, 0.5) is 0 Å². The summed E-state index contributed by atoms with van der Waals surface area (Å²) in [5.41, 5.74) is 0. The van der Waals surface area contributed by atoms with Crippen molar-refractivity contribution in [3.8, 4) is 0 Å². The minimum absolute atomic E-state index is 0.0630. The zero-order valence-corrected chi connectivity index (χ0v) is 20.1. The van der Waals surface area contributed by atoms with E-state index in [4.69, 9.17) is 18.9 Å². The molecule has 0 unspecified atom stereocenters. The minimum atomic E-state index is -2.04. The minimum Gasteiger partial charge on any atom is -0.394 e. The van der Waals surface area contributed by atoms with Crippen LogP contribution in [0.15, 0.2) is 0 Å². The Labute approximate surface area is 211 Å². The number of ketones is 1. The highest BCUT2D eigenvalue weighted by molar-refractivity contribution is 5.83. The standard InChI is InChI=1S/C21H38O16/c1-2-3-7(23)11(25)15(29)12(26)8(24)5-34-20-19(33)17(31)14(28)10(37-20)6-35-21-18(32)16(30)13(27)9(4-22)36-21/h8-22,24-33H,2-6H2,1H3/t8-,9-,10-,11+,12-,13-,14-,15-,16+,17+,18-,19-,20+,21+/m1/s1. The number of carbonyl (C=O) groups excluding carboxylic acids is 1. The molecule has 2 saturated heterocycles. The van der Waals surface area contributed by atoms with Crippen molar-refractivity contribution in [1.29, 1.82) is 0 Å². The Morgan fingerprint density at radius 1 is 0.757 bits per heavy atom. The normalized spacial score (nSPS) is 40.1. The third-order valence-corrected chi connectivity index (χ3v) is 6.27. The average Bonchev–Trinajstić information content (AvgIpc) is 2.88. The second-order valence-electron chi connectivity index (χ2n) is 9.09. The van der Waals surface area contributed by atoms with Gasteiger partial charge in [-0.1, -0.05) is 6.92 Å². The molecule has 0 bridgehead atoms. The molecule has 2 fully saturated rings.